The number of nitrogens with two attached hydrogens (primary N) is 1. The topological polar surface area (TPSA) is 132 Å². The molecule has 1 fully saturated rings. The number of aryl methyl sites for hydroxylation is 1. The van der Waals surface area contributed by atoms with Crippen LogP contribution in [0.5, 0.6) is 0 Å². The summed E-state index contributed by atoms with van der Waals surface area (Å²) in [6, 6.07) is 5.33. The van der Waals surface area contributed by atoms with E-state index in [0.29, 0.717) is 35.4 Å². The van der Waals surface area contributed by atoms with Crippen LogP contribution in [0.3, 0.4) is 0 Å². The number of halogens is 1. The summed E-state index contributed by atoms with van der Waals surface area (Å²) < 4.78 is 12.4. The number of carbonyl (C=O) groups excluding carboxylic acids is 2. The van der Waals surface area contributed by atoms with Crippen LogP contribution < -0.4 is 11.1 Å². The van der Waals surface area contributed by atoms with Crippen molar-refractivity contribution in [2.75, 3.05) is 25.6 Å². The average molecular weight is 462 g/mol. The van der Waals surface area contributed by atoms with E-state index in [4.69, 9.17) is 15.2 Å². The monoisotopic (exact) mass is 461 g/mol. The van der Waals surface area contributed by atoms with Gasteiger partial charge in [0.15, 0.2) is 5.82 Å². The lowest BCUT2D eigenvalue weighted by atomic mass is 9.97. The Morgan fingerprint density at radius 3 is 2.86 bits per heavy atom. The number of nitrogens with zero attached hydrogens (tertiary/aromatic N) is 3. The molecule has 0 spiro atoms. The minimum absolute atomic E-state index is 0.174. The summed E-state index contributed by atoms with van der Waals surface area (Å²) in [5.41, 5.74) is 7.36. The summed E-state index contributed by atoms with van der Waals surface area (Å²) in [5.74, 6) is -1.21. The second-order valence-corrected chi connectivity index (χ2v) is 7.47. The number of nitrogens with one attached hydrogen (secondary N) is 1. The molecule has 3 rings (SSSR count). The first-order valence-electron chi connectivity index (χ1n) is 8.87. The van der Waals surface area contributed by atoms with Crippen molar-refractivity contribution in [3.63, 3.8) is 0 Å². The quantitative estimate of drug-likeness (QED) is 0.653. The van der Waals surface area contributed by atoms with Crippen molar-refractivity contribution in [3.8, 4) is 6.07 Å². The Labute approximate surface area is 175 Å². The van der Waals surface area contributed by atoms with E-state index in [1.807, 2.05) is 6.92 Å². The van der Waals surface area contributed by atoms with Crippen molar-refractivity contribution in [3.05, 3.63) is 39.5 Å². The first-order valence-corrected chi connectivity index (χ1v) is 9.66. The van der Waals surface area contributed by atoms with E-state index in [1.54, 1.807) is 16.8 Å². The fourth-order valence-corrected chi connectivity index (χ4v) is 3.60. The third-order valence-electron chi connectivity index (χ3n) is 4.75. The maximum Gasteiger partial charge on any atom is 0.339 e. The molecule has 0 bridgehead atoms. The van der Waals surface area contributed by atoms with Gasteiger partial charge < -0.3 is 20.5 Å². The third-order valence-corrected chi connectivity index (χ3v) is 5.80. The number of hydrogen-bond donors (Lipinski definition) is 2. The van der Waals surface area contributed by atoms with Gasteiger partial charge in [0, 0.05) is 23.0 Å². The molecule has 1 aromatic heterocycles. The van der Waals surface area contributed by atoms with Crippen molar-refractivity contribution in [1.29, 1.82) is 5.26 Å². The van der Waals surface area contributed by atoms with Gasteiger partial charge >= 0.3 is 5.97 Å². The number of anilines is 2. The van der Waals surface area contributed by atoms with Gasteiger partial charge in [-0.2, -0.15) is 10.4 Å². The summed E-state index contributed by atoms with van der Waals surface area (Å²) in [7, 11) is 1.30. The van der Waals surface area contributed by atoms with Gasteiger partial charge in [-0.15, -0.1) is 0 Å². The molecule has 29 heavy (non-hydrogen) atoms. The fraction of sp³-hybridized carbons (Fsp3) is 0.368. The number of carbonyl (C=O) groups is 2. The lowest BCUT2D eigenvalue weighted by molar-refractivity contribution is 0.0342. The van der Waals surface area contributed by atoms with E-state index in [1.165, 1.54) is 13.3 Å². The zero-order chi connectivity index (χ0) is 21.1. The highest BCUT2D eigenvalue weighted by Crippen LogP contribution is 2.31. The lowest BCUT2D eigenvalue weighted by Crippen LogP contribution is -2.29. The molecule has 2 aromatic rings. The number of aromatic nitrogens is 2. The highest BCUT2D eigenvalue weighted by atomic mass is 79.9. The summed E-state index contributed by atoms with van der Waals surface area (Å²) in [6.07, 6.45) is 2.10. The van der Waals surface area contributed by atoms with Crippen LogP contribution in [-0.4, -0.2) is 42.0 Å². The van der Waals surface area contributed by atoms with E-state index < -0.39 is 11.9 Å². The number of benzene rings is 1. The van der Waals surface area contributed by atoms with Gasteiger partial charge in [-0.1, -0.05) is 0 Å². The zero-order valence-electron chi connectivity index (χ0n) is 15.9. The van der Waals surface area contributed by atoms with Gasteiger partial charge in [0.2, 0.25) is 0 Å². The van der Waals surface area contributed by atoms with Gasteiger partial charge in [0.05, 0.1) is 37.3 Å². The summed E-state index contributed by atoms with van der Waals surface area (Å²) in [6.45, 7) is 2.66. The standard InChI is InChI=1S/C19H20BrN5O4/c1-10-5-12(6-13(16(10)20)19(27)28-2)23-18-14(17(22)26)8-25(24-18)15-9-29-4-3-11(15)7-21/h5-6,8,11,15H,3-4,9H2,1-2H3,(H2,22,26)(H,23,24)/t11-,15?/m1/s1. The molecule has 3 N–H and O–H groups in total. The molecule has 10 heteroatoms. The minimum atomic E-state index is -0.661. The Bertz CT molecular complexity index is 997. The summed E-state index contributed by atoms with van der Waals surface area (Å²) in [4.78, 5) is 24.0. The van der Waals surface area contributed by atoms with Crippen LogP contribution >= 0.6 is 15.9 Å². The van der Waals surface area contributed by atoms with Crippen LogP contribution in [0.15, 0.2) is 22.8 Å². The molecule has 152 valence electrons. The summed E-state index contributed by atoms with van der Waals surface area (Å²) >= 11 is 3.38. The van der Waals surface area contributed by atoms with Crippen LogP contribution in [0.2, 0.25) is 0 Å². The van der Waals surface area contributed by atoms with E-state index >= 15 is 0 Å². The highest BCUT2D eigenvalue weighted by molar-refractivity contribution is 9.10. The Morgan fingerprint density at radius 2 is 2.21 bits per heavy atom. The summed E-state index contributed by atoms with van der Waals surface area (Å²) in [5, 5.41) is 16.9. The normalized spacial score (nSPS) is 18.7. The molecular weight excluding hydrogens is 442 g/mol. The highest BCUT2D eigenvalue weighted by Gasteiger charge is 2.29. The maximum atomic E-state index is 12.0. The first kappa shape index (κ1) is 20.8. The number of nitriles is 1. The molecule has 0 saturated carbocycles. The van der Waals surface area contributed by atoms with Gasteiger partial charge in [-0.3, -0.25) is 9.48 Å². The number of ether oxygens (including phenoxy) is 2. The predicted octanol–water partition coefficient (Wildman–Crippen LogP) is 2.68. The smallest absolute Gasteiger partial charge is 0.339 e. The van der Waals surface area contributed by atoms with Crippen molar-refractivity contribution in [2.24, 2.45) is 11.7 Å². The second kappa shape index (κ2) is 8.63. The molecule has 1 saturated heterocycles. The molecule has 2 heterocycles. The third kappa shape index (κ3) is 4.26. The molecule has 9 nitrogen and oxygen atoms in total. The largest absolute Gasteiger partial charge is 0.465 e. The fourth-order valence-electron chi connectivity index (χ4n) is 3.21. The number of rotatable bonds is 5. The molecule has 2 atom stereocenters. The van der Waals surface area contributed by atoms with Crippen LogP contribution in [0.1, 0.15) is 38.7 Å². The molecule has 0 radical (unpaired) electrons. The van der Waals surface area contributed by atoms with Gasteiger partial charge in [0.1, 0.15) is 5.56 Å². The Kier molecular flexibility index (Phi) is 6.20. The first-order chi connectivity index (χ1) is 13.8. The molecular formula is C19H20BrN5O4. The predicted molar refractivity (Wildman–Crippen MR) is 108 cm³/mol. The number of esters is 1. The molecule has 1 aromatic carbocycles. The van der Waals surface area contributed by atoms with Crippen molar-refractivity contribution in [2.45, 2.75) is 19.4 Å². The second-order valence-electron chi connectivity index (χ2n) is 6.67. The maximum absolute atomic E-state index is 12.0. The van der Waals surface area contributed by atoms with Gasteiger partial charge in [-0.05, 0) is 47.0 Å². The van der Waals surface area contributed by atoms with Crippen LogP contribution in [0.25, 0.3) is 0 Å². The molecule has 1 amide bonds. The number of primary amides is 1. The number of hydrogen-bond acceptors (Lipinski definition) is 7. The minimum Gasteiger partial charge on any atom is -0.465 e. The van der Waals surface area contributed by atoms with Crippen molar-refractivity contribution in [1.82, 2.24) is 9.78 Å². The van der Waals surface area contributed by atoms with Crippen LogP contribution in [-0.2, 0) is 9.47 Å². The van der Waals surface area contributed by atoms with E-state index in [2.05, 4.69) is 32.4 Å². The van der Waals surface area contributed by atoms with E-state index in [0.717, 1.165) is 5.56 Å². The van der Waals surface area contributed by atoms with Crippen LogP contribution in [0.4, 0.5) is 11.5 Å². The molecule has 1 aliphatic heterocycles. The Balaban J connectivity index is 1.98. The Morgan fingerprint density at radius 1 is 1.45 bits per heavy atom. The van der Waals surface area contributed by atoms with E-state index in [-0.39, 0.29) is 23.3 Å². The van der Waals surface area contributed by atoms with Gasteiger partial charge in [0.25, 0.3) is 5.91 Å². The van der Waals surface area contributed by atoms with Crippen molar-refractivity contribution < 1.29 is 19.1 Å². The molecule has 0 aliphatic carbocycles. The molecule has 1 aliphatic rings. The average Bonchev–Trinajstić information content (AvgIpc) is 3.13. The van der Waals surface area contributed by atoms with Crippen molar-refractivity contribution >= 4 is 39.3 Å². The van der Waals surface area contributed by atoms with E-state index in [9.17, 15) is 14.9 Å². The lowest BCUT2D eigenvalue weighted by Gasteiger charge is -2.26. The SMILES string of the molecule is COC(=O)c1cc(Nc2nn(C3COCC[C@@H]3C#N)cc2C(N)=O)cc(C)c1Br. The number of methoxy groups -OCH3 is 1. The van der Waals surface area contributed by atoms with Gasteiger partial charge in [-0.25, -0.2) is 4.79 Å². The molecule has 1 unspecified atom stereocenters. The van der Waals surface area contributed by atoms with Crippen LogP contribution in [0, 0.1) is 24.2 Å². The zero-order valence-corrected chi connectivity index (χ0v) is 17.5. The number of amides is 1. The Hall–Kier alpha value is -2.90.